The van der Waals surface area contributed by atoms with Gasteiger partial charge in [0, 0.05) is 27.0 Å². The van der Waals surface area contributed by atoms with Crippen LogP contribution in [0.5, 0.6) is 0 Å². The maximum Gasteiger partial charge on any atom is 0.341 e. The summed E-state index contributed by atoms with van der Waals surface area (Å²) in [4.78, 5) is 26.5. The van der Waals surface area contributed by atoms with Gasteiger partial charge in [-0.25, -0.2) is 13.2 Å². The van der Waals surface area contributed by atoms with Crippen LogP contribution in [0, 0.1) is 0 Å². The number of esters is 1. The molecule has 1 amide bonds. The molecule has 0 spiro atoms. The molecule has 29 heavy (non-hydrogen) atoms. The number of hydrogen-bond acceptors (Lipinski definition) is 7. The molecule has 10 heteroatoms. The van der Waals surface area contributed by atoms with Crippen LogP contribution in [0.1, 0.15) is 34.1 Å². The van der Waals surface area contributed by atoms with Crippen molar-refractivity contribution < 1.29 is 22.7 Å². The SMILES string of the molecule is CCOC(=O)c1c(NC(=O)CCSc2ccc(Cl)cc2)sc2c1CCS(=O)(=O)C2. The highest BCUT2D eigenvalue weighted by molar-refractivity contribution is 7.99. The minimum Gasteiger partial charge on any atom is -0.462 e. The zero-order valence-corrected chi connectivity index (χ0v) is 18.9. The molecule has 3 rings (SSSR count). The van der Waals surface area contributed by atoms with E-state index >= 15 is 0 Å². The van der Waals surface area contributed by atoms with Crippen LogP contribution in [0.3, 0.4) is 0 Å². The largest absolute Gasteiger partial charge is 0.462 e. The third-order valence-corrected chi connectivity index (χ3v) is 8.40. The molecule has 6 nitrogen and oxygen atoms in total. The molecule has 0 saturated carbocycles. The number of nitrogens with one attached hydrogen (secondary N) is 1. The highest BCUT2D eigenvalue weighted by atomic mass is 35.5. The first-order chi connectivity index (χ1) is 13.8. The van der Waals surface area contributed by atoms with Gasteiger partial charge in [0.2, 0.25) is 5.91 Å². The average Bonchev–Trinajstić information content (AvgIpc) is 2.99. The second kappa shape index (κ2) is 9.51. The van der Waals surface area contributed by atoms with Crippen molar-refractivity contribution in [1.29, 1.82) is 0 Å². The molecule has 1 aliphatic heterocycles. The second-order valence-corrected chi connectivity index (χ2v) is 11.3. The molecule has 0 fully saturated rings. The van der Waals surface area contributed by atoms with Crippen molar-refractivity contribution in [3.8, 4) is 0 Å². The van der Waals surface area contributed by atoms with Gasteiger partial charge in [0.15, 0.2) is 9.84 Å². The van der Waals surface area contributed by atoms with Gasteiger partial charge in [-0.15, -0.1) is 23.1 Å². The number of fused-ring (bicyclic) bond motifs is 1. The Labute approximate surface area is 182 Å². The molecule has 0 unspecified atom stereocenters. The number of sulfone groups is 1. The van der Waals surface area contributed by atoms with Gasteiger partial charge in [-0.3, -0.25) is 4.79 Å². The quantitative estimate of drug-likeness (QED) is 0.479. The highest BCUT2D eigenvalue weighted by Gasteiger charge is 2.31. The first-order valence-electron chi connectivity index (χ1n) is 8.99. The number of halogens is 1. The van der Waals surface area contributed by atoms with E-state index in [-0.39, 0.29) is 36.9 Å². The third kappa shape index (κ3) is 5.75. The van der Waals surface area contributed by atoms with E-state index in [1.807, 2.05) is 12.1 Å². The molecule has 0 saturated heterocycles. The molecular formula is C19H20ClNO5S3. The summed E-state index contributed by atoms with van der Waals surface area (Å²) >= 11 is 8.53. The zero-order chi connectivity index (χ0) is 21.0. The van der Waals surface area contributed by atoms with Crippen molar-refractivity contribution in [2.45, 2.75) is 30.4 Å². The van der Waals surface area contributed by atoms with Crippen LogP contribution >= 0.6 is 34.7 Å². The van der Waals surface area contributed by atoms with Crippen molar-refractivity contribution >= 4 is 61.4 Å². The van der Waals surface area contributed by atoms with Gasteiger partial charge in [0.25, 0.3) is 0 Å². The van der Waals surface area contributed by atoms with E-state index in [4.69, 9.17) is 16.3 Å². The maximum atomic E-state index is 12.4. The predicted octanol–water partition coefficient (Wildman–Crippen LogP) is 4.17. The lowest BCUT2D eigenvalue weighted by Crippen LogP contribution is -2.20. The normalized spacial score (nSPS) is 14.8. The maximum absolute atomic E-state index is 12.4. The summed E-state index contributed by atoms with van der Waals surface area (Å²) < 4.78 is 29.0. The summed E-state index contributed by atoms with van der Waals surface area (Å²) in [6, 6.07) is 7.36. The van der Waals surface area contributed by atoms with Crippen molar-refractivity contribution in [2.75, 3.05) is 23.4 Å². The van der Waals surface area contributed by atoms with E-state index in [2.05, 4.69) is 5.32 Å². The molecule has 1 N–H and O–H groups in total. The molecule has 2 aromatic rings. The van der Waals surface area contributed by atoms with Crippen molar-refractivity contribution in [3.63, 3.8) is 0 Å². The standard InChI is InChI=1S/C19H20ClNO5S3/c1-2-26-19(23)17-14-8-10-29(24,25)11-15(14)28-18(17)21-16(22)7-9-27-13-5-3-12(20)4-6-13/h3-6H,2,7-11H2,1H3,(H,21,22). The van der Waals surface area contributed by atoms with Crippen molar-refractivity contribution in [1.82, 2.24) is 0 Å². The van der Waals surface area contributed by atoms with Gasteiger partial charge in [-0.05, 0) is 43.2 Å². The Hall–Kier alpha value is -1.55. The van der Waals surface area contributed by atoms with Crippen LogP contribution in [0.2, 0.25) is 5.02 Å². The van der Waals surface area contributed by atoms with Crippen molar-refractivity contribution in [3.05, 3.63) is 45.3 Å². The number of benzene rings is 1. The number of rotatable bonds is 7. The van der Waals surface area contributed by atoms with E-state index in [1.54, 1.807) is 19.1 Å². The Morgan fingerprint density at radius 1 is 1.28 bits per heavy atom. The number of carbonyl (C=O) groups is 2. The fourth-order valence-corrected chi connectivity index (χ4v) is 6.94. The Morgan fingerprint density at radius 3 is 2.69 bits per heavy atom. The number of thioether (sulfide) groups is 1. The van der Waals surface area contributed by atoms with Crippen molar-refractivity contribution in [2.24, 2.45) is 0 Å². The number of anilines is 1. The molecule has 1 aromatic carbocycles. The summed E-state index contributed by atoms with van der Waals surface area (Å²) in [6.45, 7) is 1.90. The lowest BCUT2D eigenvalue weighted by molar-refractivity contribution is -0.115. The van der Waals surface area contributed by atoms with Gasteiger partial charge >= 0.3 is 5.97 Å². The molecule has 2 heterocycles. The third-order valence-electron chi connectivity index (χ3n) is 4.25. The molecular weight excluding hydrogens is 454 g/mol. The number of thiophene rings is 1. The average molecular weight is 474 g/mol. The van der Waals surface area contributed by atoms with Gasteiger partial charge < -0.3 is 10.1 Å². The first-order valence-corrected chi connectivity index (χ1v) is 13.0. The zero-order valence-electron chi connectivity index (χ0n) is 15.7. The van der Waals surface area contributed by atoms with Gasteiger partial charge in [0.1, 0.15) is 5.00 Å². The lowest BCUT2D eigenvalue weighted by atomic mass is 10.1. The summed E-state index contributed by atoms with van der Waals surface area (Å²) in [5, 5.41) is 3.80. The summed E-state index contributed by atoms with van der Waals surface area (Å²) in [7, 11) is -3.18. The van der Waals surface area contributed by atoms with Gasteiger partial charge in [0.05, 0.1) is 23.7 Å². The topological polar surface area (TPSA) is 89.5 Å². The van der Waals surface area contributed by atoms with Crippen LogP contribution in [0.4, 0.5) is 5.00 Å². The van der Waals surface area contributed by atoms with Crippen LogP contribution in [-0.4, -0.2) is 38.4 Å². The summed E-state index contributed by atoms with van der Waals surface area (Å²) in [6.07, 6.45) is 0.501. The van der Waals surface area contributed by atoms with Gasteiger partial charge in [-0.1, -0.05) is 11.6 Å². The van der Waals surface area contributed by atoms with E-state index in [0.717, 1.165) is 16.2 Å². The Balaban J connectivity index is 1.70. The van der Waals surface area contributed by atoms with Crippen LogP contribution in [0.25, 0.3) is 0 Å². The second-order valence-electron chi connectivity index (χ2n) is 6.37. The fourth-order valence-electron chi connectivity index (χ4n) is 2.91. The summed E-state index contributed by atoms with van der Waals surface area (Å²) in [5.74, 6) is -0.328. The number of hydrogen-bond donors (Lipinski definition) is 1. The minimum atomic E-state index is -3.18. The fraction of sp³-hybridized carbons (Fsp3) is 0.368. The smallest absolute Gasteiger partial charge is 0.341 e. The molecule has 0 bridgehead atoms. The molecule has 0 aliphatic carbocycles. The van der Waals surface area contributed by atoms with E-state index in [9.17, 15) is 18.0 Å². The van der Waals surface area contributed by atoms with E-state index in [1.165, 1.54) is 11.8 Å². The Bertz CT molecular complexity index is 1020. The van der Waals surface area contributed by atoms with E-state index in [0.29, 0.717) is 31.8 Å². The Kier molecular flexibility index (Phi) is 7.26. The first kappa shape index (κ1) is 22.1. The monoisotopic (exact) mass is 473 g/mol. The number of ether oxygens (including phenoxy) is 1. The highest BCUT2D eigenvalue weighted by Crippen LogP contribution is 2.38. The summed E-state index contributed by atoms with van der Waals surface area (Å²) in [5.41, 5.74) is 0.967. The predicted molar refractivity (Wildman–Crippen MR) is 117 cm³/mol. The molecule has 0 atom stereocenters. The number of carbonyl (C=O) groups excluding carboxylic acids is 2. The molecule has 0 radical (unpaired) electrons. The van der Waals surface area contributed by atoms with Crippen LogP contribution in [0.15, 0.2) is 29.2 Å². The lowest BCUT2D eigenvalue weighted by Gasteiger charge is -2.13. The van der Waals surface area contributed by atoms with Crippen LogP contribution in [-0.2, 0) is 31.5 Å². The number of amides is 1. The van der Waals surface area contributed by atoms with E-state index < -0.39 is 15.8 Å². The molecule has 1 aliphatic rings. The van der Waals surface area contributed by atoms with Gasteiger partial charge in [-0.2, -0.15) is 0 Å². The minimum absolute atomic E-state index is 0.00570. The Morgan fingerprint density at radius 2 is 2.00 bits per heavy atom. The van der Waals surface area contributed by atoms with Crippen LogP contribution < -0.4 is 5.32 Å². The molecule has 1 aromatic heterocycles. The molecule has 156 valence electrons.